The van der Waals surface area contributed by atoms with E-state index >= 15 is 0 Å². The van der Waals surface area contributed by atoms with Crippen molar-refractivity contribution in [2.24, 2.45) is 0 Å². The molecule has 3 rings (SSSR count). The molecule has 0 aromatic heterocycles. The Kier molecular flexibility index (Phi) is 25.1. The molecule has 1 aromatic carbocycles. The minimum absolute atomic E-state index is 0.0346. The molecular weight excluding hydrogens is 722 g/mol. The van der Waals surface area contributed by atoms with Gasteiger partial charge in [-0.1, -0.05) is 83.6 Å². The van der Waals surface area contributed by atoms with Gasteiger partial charge in [0.25, 0.3) is 11.8 Å². The summed E-state index contributed by atoms with van der Waals surface area (Å²) in [5.41, 5.74) is 0.407. The van der Waals surface area contributed by atoms with Gasteiger partial charge >= 0.3 is 0 Å². The molecule has 1 unspecified atom stereocenters. The van der Waals surface area contributed by atoms with Crippen molar-refractivity contribution < 1.29 is 52.4 Å². The molecule has 1 aromatic rings. The summed E-state index contributed by atoms with van der Waals surface area (Å²) >= 11 is 0. The van der Waals surface area contributed by atoms with Crippen LogP contribution in [0.5, 0.6) is 0 Å². The first-order valence-corrected chi connectivity index (χ1v) is 21.0. The number of carbonyl (C=O) groups excluding carboxylic acids is 5. The second-order valence-electron chi connectivity index (χ2n) is 14.2. The third-order valence-corrected chi connectivity index (χ3v) is 9.69. The van der Waals surface area contributed by atoms with E-state index in [1.165, 1.54) is 70.3 Å². The van der Waals surface area contributed by atoms with Crippen LogP contribution >= 0.6 is 0 Å². The Hall–Kier alpha value is -3.27. The number of benzene rings is 1. The summed E-state index contributed by atoms with van der Waals surface area (Å²) in [5, 5.41) is 4.92. The predicted octanol–water partition coefficient (Wildman–Crippen LogP) is 6.00. The first-order chi connectivity index (χ1) is 27.4. The molecule has 0 saturated carbocycles. The maximum absolute atomic E-state index is 13.2. The van der Waals surface area contributed by atoms with E-state index < -0.39 is 29.7 Å². The number of piperidine rings is 1. The number of anilines is 1. The molecule has 0 radical (unpaired) electrons. The lowest BCUT2D eigenvalue weighted by atomic mass is 10.0. The molecular formula is C42H67N3O11. The highest BCUT2D eigenvalue weighted by atomic mass is 16.6. The summed E-state index contributed by atoms with van der Waals surface area (Å²) in [7, 11) is 0. The number of imide groups is 2. The minimum atomic E-state index is -1.07. The van der Waals surface area contributed by atoms with Gasteiger partial charge in [0, 0.05) is 26.1 Å². The molecule has 0 aliphatic carbocycles. The third kappa shape index (κ3) is 18.8. The number of nitrogens with zero attached hydrogens (tertiary/aromatic N) is 1. The molecule has 1 saturated heterocycles. The van der Waals surface area contributed by atoms with Crippen LogP contribution in [0.2, 0.25) is 0 Å². The van der Waals surface area contributed by atoms with Crippen molar-refractivity contribution >= 4 is 35.2 Å². The first kappa shape index (κ1) is 47.1. The second kappa shape index (κ2) is 29.9. The molecule has 14 heteroatoms. The average molecular weight is 790 g/mol. The molecule has 0 bridgehead atoms. The van der Waals surface area contributed by atoms with Gasteiger partial charge in [0.15, 0.2) is 0 Å². The van der Waals surface area contributed by atoms with Crippen LogP contribution in [-0.4, -0.2) is 120 Å². The van der Waals surface area contributed by atoms with Crippen molar-refractivity contribution in [2.75, 3.05) is 84.6 Å². The van der Waals surface area contributed by atoms with Crippen molar-refractivity contribution in [3.63, 3.8) is 0 Å². The number of amides is 5. The fraction of sp³-hybridized carbons (Fsp3) is 0.738. The summed E-state index contributed by atoms with van der Waals surface area (Å²) in [4.78, 5) is 63.5. The van der Waals surface area contributed by atoms with Gasteiger partial charge in [0.1, 0.15) is 6.04 Å². The normalized spacial score (nSPS) is 15.4. The number of hydrogen-bond donors (Lipinski definition) is 2. The quantitative estimate of drug-likeness (QED) is 0.0612. The lowest BCUT2D eigenvalue weighted by Crippen LogP contribution is -2.54. The summed E-state index contributed by atoms with van der Waals surface area (Å²) < 4.78 is 33.4. The van der Waals surface area contributed by atoms with Gasteiger partial charge in [-0.25, -0.2) is 0 Å². The number of hydrogen-bond acceptors (Lipinski definition) is 11. The largest absolute Gasteiger partial charge is 0.379 e. The van der Waals surface area contributed by atoms with Crippen molar-refractivity contribution in [3.05, 3.63) is 29.3 Å². The molecule has 0 spiro atoms. The van der Waals surface area contributed by atoms with Gasteiger partial charge in [-0.15, -0.1) is 0 Å². The molecule has 2 aliphatic heterocycles. The smallest absolute Gasteiger partial charge is 0.264 e. The van der Waals surface area contributed by atoms with Crippen molar-refractivity contribution in [1.29, 1.82) is 0 Å². The van der Waals surface area contributed by atoms with Crippen LogP contribution in [0.25, 0.3) is 0 Å². The van der Waals surface area contributed by atoms with E-state index in [0.29, 0.717) is 79.1 Å². The predicted molar refractivity (Wildman–Crippen MR) is 212 cm³/mol. The Morgan fingerprint density at radius 1 is 0.625 bits per heavy atom. The number of nitrogens with one attached hydrogen (secondary N) is 2. The summed E-state index contributed by atoms with van der Waals surface area (Å²) in [6.45, 7) is 8.78. The van der Waals surface area contributed by atoms with Crippen LogP contribution in [0.1, 0.15) is 137 Å². The second-order valence-corrected chi connectivity index (χ2v) is 14.2. The Morgan fingerprint density at radius 3 is 1.59 bits per heavy atom. The lowest BCUT2D eigenvalue weighted by Gasteiger charge is -2.27. The van der Waals surface area contributed by atoms with Crippen LogP contribution in [-0.2, 0) is 42.8 Å². The van der Waals surface area contributed by atoms with Crippen LogP contribution in [0.4, 0.5) is 5.69 Å². The number of ether oxygens (including phenoxy) is 6. The molecule has 316 valence electrons. The average Bonchev–Trinajstić information content (AvgIpc) is 3.44. The van der Waals surface area contributed by atoms with Gasteiger partial charge in [-0.05, 0) is 37.8 Å². The highest BCUT2D eigenvalue weighted by Crippen LogP contribution is 2.32. The third-order valence-electron chi connectivity index (χ3n) is 9.69. The lowest BCUT2D eigenvalue weighted by molar-refractivity contribution is -0.136. The number of unbranched alkanes of at least 4 members (excludes halogenated alkanes) is 12. The SMILES string of the molecule is CCCCCCCCCCCCCOCCOCCOCCOCCOCCOCCCCCC(=O)Nc1cccc2c1C(=O)N(C1CCC(=O)NC1=O)C2=O. The zero-order valence-corrected chi connectivity index (χ0v) is 33.8. The van der Waals surface area contributed by atoms with E-state index in [-0.39, 0.29) is 42.0 Å². The molecule has 5 amide bonds. The zero-order chi connectivity index (χ0) is 40.1. The standard InChI is InChI=1S/C42H67N3O11/c1-2-3-4-5-6-7-8-9-10-11-14-22-51-24-26-53-28-30-55-32-33-56-31-29-54-27-25-52-23-15-12-13-19-37(46)43-35-18-16-17-34-39(35)42(50)45(41(34)49)36-20-21-38(47)44-40(36)48/h16-18,36H,2-15,19-33H2,1H3,(H,43,46)(H,44,47,48). The topological polar surface area (TPSA) is 168 Å². The Labute approximate surface area is 333 Å². The van der Waals surface area contributed by atoms with E-state index in [2.05, 4.69) is 17.6 Å². The summed E-state index contributed by atoms with van der Waals surface area (Å²) in [5.74, 6) is -2.68. The van der Waals surface area contributed by atoms with E-state index in [9.17, 15) is 24.0 Å². The van der Waals surface area contributed by atoms with Crippen LogP contribution in [0, 0.1) is 0 Å². The fourth-order valence-corrected chi connectivity index (χ4v) is 6.57. The maximum Gasteiger partial charge on any atom is 0.264 e. The van der Waals surface area contributed by atoms with Gasteiger partial charge < -0.3 is 33.7 Å². The van der Waals surface area contributed by atoms with Crippen molar-refractivity contribution in [1.82, 2.24) is 10.2 Å². The highest BCUT2D eigenvalue weighted by Gasteiger charge is 2.45. The van der Waals surface area contributed by atoms with Crippen LogP contribution < -0.4 is 10.6 Å². The molecule has 56 heavy (non-hydrogen) atoms. The molecule has 2 heterocycles. The molecule has 2 N–H and O–H groups in total. The molecule has 14 nitrogen and oxygen atoms in total. The van der Waals surface area contributed by atoms with Crippen molar-refractivity contribution in [3.8, 4) is 0 Å². The summed E-state index contributed by atoms with van der Waals surface area (Å²) in [6, 6.07) is 3.56. The monoisotopic (exact) mass is 789 g/mol. The number of carbonyl (C=O) groups is 5. The molecule has 1 fully saturated rings. The van der Waals surface area contributed by atoms with Crippen LogP contribution in [0.3, 0.4) is 0 Å². The molecule has 2 aliphatic rings. The maximum atomic E-state index is 13.2. The Bertz CT molecular complexity index is 1310. The van der Waals surface area contributed by atoms with E-state index in [1.807, 2.05) is 0 Å². The van der Waals surface area contributed by atoms with Crippen LogP contribution in [0.15, 0.2) is 18.2 Å². The van der Waals surface area contributed by atoms with Crippen molar-refractivity contribution in [2.45, 2.75) is 122 Å². The first-order valence-electron chi connectivity index (χ1n) is 21.0. The van der Waals surface area contributed by atoms with Gasteiger partial charge in [0.2, 0.25) is 17.7 Å². The Balaban J connectivity index is 1.03. The van der Waals surface area contributed by atoms with Gasteiger partial charge in [-0.3, -0.25) is 34.2 Å². The highest BCUT2D eigenvalue weighted by molar-refractivity contribution is 6.26. The van der Waals surface area contributed by atoms with E-state index in [0.717, 1.165) is 30.8 Å². The van der Waals surface area contributed by atoms with Gasteiger partial charge in [0.05, 0.1) is 82.9 Å². The summed E-state index contributed by atoms with van der Waals surface area (Å²) in [6.07, 6.45) is 17.2. The van der Waals surface area contributed by atoms with Gasteiger partial charge in [-0.2, -0.15) is 0 Å². The molecule has 1 atom stereocenters. The van der Waals surface area contributed by atoms with E-state index in [4.69, 9.17) is 28.4 Å². The number of rotatable bonds is 35. The number of fused-ring (bicyclic) bond motifs is 1. The fourth-order valence-electron chi connectivity index (χ4n) is 6.57. The minimum Gasteiger partial charge on any atom is -0.379 e. The van der Waals surface area contributed by atoms with E-state index in [1.54, 1.807) is 12.1 Å². The Morgan fingerprint density at radius 2 is 1.09 bits per heavy atom. The zero-order valence-electron chi connectivity index (χ0n) is 33.8.